The van der Waals surface area contributed by atoms with Gasteiger partial charge in [-0.25, -0.2) is 4.39 Å². The fraction of sp³-hybridized carbons (Fsp3) is 0.500. The second-order valence-electron chi connectivity index (χ2n) is 2.68. The van der Waals surface area contributed by atoms with Crippen LogP contribution >= 0.6 is 0 Å². The molecule has 0 bridgehead atoms. The van der Waals surface area contributed by atoms with Crippen LogP contribution in [-0.4, -0.2) is 20.3 Å². The van der Waals surface area contributed by atoms with E-state index in [1.54, 1.807) is 6.08 Å². The number of nitrogens with one attached hydrogen (secondary N) is 1. The maximum absolute atomic E-state index is 12.0. The molecule has 1 nitrogen and oxygen atoms in total. The van der Waals surface area contributed by atoms with E-state index < -0.39 is 0 Å². The van der Waals surface area contributed by atoms with Crippen molar-refractivity contribution in [2.75, 3.05) is 20.3 Å². The number of rotatable bonds is 3. The van der Waals surface area contributed by atoms with E-state index in [0.717, 1.165) is 11.1 Å². The minimum atomic E-state index is -0.330. The van der Waals surface area contributed by atoms with Gasteiger partial charge in [0.05, 0.1) is 0 Å². The predicted molar refractivity (Wildman–Crippen MR) is 65.4 cm³/mol. The molecule has 0 amide bonds. The Morgan fingerprint density at radius 2 is 1.71 bits per heavy atom. The lowest BCUT2D eigenvalue weighted by Crippen LogP contribution is -2.12. The lowest BCUT2D eigenvalue weighted by atomic mass is 10.2. The molecule has 1 N–H and O–H groups in total. The third kappa shape index (κ3) is 17.3. The molecular weight excluding hydrogens is 177 g/mol. The summed E-state index contributed by atoms with van der Waals surface area (Å²) in [6.45, 7) is 15.4. The molecular formula is C12H24FN. The van der Waals surface area contributed by atoms with Crippen molar-refractivity contribution < 1.29 is 4.39 Å². The zero-order chi connectivity index (χ0) is 12.0. The van der Waals surface area contributed by atoms with E-state index in [1.807, 2.05) is 27.8 Å². The van der Waals surface area contributed by atoms with Gasteiger partial charge < -0.3 is 5.32 Å². The zero-order valence-electron chi connectivity index (χ0n) is 9.99. The standard InChI is InChI=1S/C7H14FN.C3H6.C2H4/c1-6(2)7(4-8)5-9-3;1-3-2;1-2/h9H,4-5H2,1-3H3;3H,1H2,2H3;1-2H2. The van der Waals surface area contributed by atoms with Gasteiger partial charge in [-0.15, -0.1) is 19.7 Å². The van der Waals surface area contributed by atoms with E-state index in [4.69, 9.17) is 0 Å². The highest BCUT2D eigenvalue weighted by atomic mass is 19.1. The third-order valence-electron chi connectivity index (χ3n) is 1.26. The van der Waals surface area contributed by atoms with Gasteiger partial charge >= 0.3 is 0 Å². The molecule has 0 radical (unpaired) electrons. The van der Waals surface area contributed by atoms with Crippen molar-refractivity contribution >= 4 is 0 Å². The van der Waals surface area contributed by atoms with E-state index in [-0.39, 0.29) is 6.67 Å². The summed E-state index contributed by atoms with van der Waals surface area (Å²) in [5.74, 6) is 0. The van der Waals surface area contributed by atoms with E-state index >= 15 is 0 Å². The highest BCUT2D eigenvalue weighted by molar-refractivity contribution is 5.11. The number of halogens is 1. The van der Waals surface area contributed by atoms with Crippen molar-refractivity contribution in [3.63, 3.8) is 0 Å². The predicted octanol–water partition coefficient (Wildman–Crippen LogP) is 3.51. The van der Waals surface area contributed by atoms with Crippen LogP contribution in [0.3, 0.4) is 0 Å². The molecule has 0 aliphatic carbocycles. The van der Waals surface area contributed by atoms with E-state index in [9.17, 15) is 4.39 Å². The number of allylic oxidation sites excluding steroid dienone is 2. The van der Waals surface area contributed by atoms with Gasteiger partial charge in [0.25, 0.3) is 0 Å². The summed E-state index contributed by atoms with van der Waals surface area (Å²) in [5.41, 5.74) is 1.93. The lowest BCUT2D eigenvalue weighted by Gasteiger charge is -2.02. The second kappa shape index (κ2) is 18.0. The topological polar surface area (TPSA) is 12.0 Å². The van der Waals surface area contributed by atoms with Gasteiger partial charge in [-0.2, -0.15) is 0 Å². The molecule has 0 fully saturated rings. The molecule has 0 aromatic carbocycles. The SMILES string of the molecule is C=C.C=CC.CNCC(CF)=C(C)C. The molecule has 0 aliphatic rings. The van der Waals surface area contributed by atoms with Crippen LogP contribution in [0.25, 0.3) is 0 Å². The maximum Gasteiger partial charge on any atom is 0.112 e. The first-order valence-electron chi connectivity index (χ1n) is 4.56. The Kier molecular flexibility index (Phi) is 24.2. The average Bonchev–Trinajstić information content (AvgIpc) is 2.18. The highest BCUT2D eigenvalue weighted by Crippen LogP contribution is 2.01. The Hall–Kier alpha value is -0.890. The van der Waals surface area contributed by atoms with Crippen molar-refractivity contribution in [3.05, 3.63) is 37.0 Å². The molecule has 0 saturated heterocycles. The van der Waals surface area contributed by atoms with Crippen LogP contribution in [-0.2, 0) is 0 Å². The monoisotopic (exact) mass is 201 g/mol. The van der Waals surface area contributed by atoms with Crippen LogP contribution in [0.5, 0.6) is 0 Å². The van der Waals surface area contributed by atoms with Gasteiger partial charge in [0.1, 0.15) is 6.67 Å². The molecule has 0 unspecified atom stereocenters. The molecule has 84 valence electrons. The summed E-state index contributed by atoms with van der Waals surface area (Å²) in [6, 6.07) is 0. The smallest absolute Gasteiger partial charge is 0.112 e. The lowest BCUT2D eigenvalue weighted by molar-refractivity contribution is 0.529. The summed E-state index contributed by atoms with van der Waals surface area (Å²) in [7, 11) is 1.82. The van der Waals surface area contributed by atoms with Crippen molar-refractivity contribution in [1.29, 1.82) is 0 Å². The molecule has 14 heavy (non-hydrogen) atoms. The van der Waals surface area contributed by atoms with Gasteiger partial charge in [0, 0.05) is 6.54 Å². The Bertz CT molecular complexity index is 146. The summed E-state index contributed by atoms with van der Waals surface area (Å²) >= 11 is 0. The highest BCUT2D eigenvalue weighted by Gasteiger charge is 1.94. The van der Waals surface area contributed by atoms with E-state index in [1.165, 1.54) is 0 Å². The first-order chi connectivity index (χ1) is 6.63. The molecule has 0 spiro atoms. The van der Waals surface area contributed by atoms with E-state index in [0.29, 0.717) is 6.54 Å². The summed E-state index contributed by atoms with van der Waals surface area (Å²) in [4.78, 5) is 0. The molecule has 0 saturated carbocycles. The third-order valence-corrected chi connectivity index (χ3v) is 1.26. The Morgan fingerprint density at radius 3 is 1.79 bits per heavy atom. The van der Waals surface area contributed by atoms with Crippen LogP contribution in [0.2, 0.25) is 0 Å². The van der Waals surface area contributed by atoms with Crippen molar-refractivity contribution in [2.45, 2.75) is 20.8 Å². The Labute approximate surface area is 88.4 Å². The number of alkyl halides is 1. The molecule has 0 aromatic heterocycles. The average molecular weight is 201 g/mol. The van der Waals surface area contributed by atoms with Gasteiger partial charge in [-0.3, -0.25) is 0 Å². The van der Waals surface area contributed by atoms with Crippen molar-refractivity contribution in [1.82, 2.24) is 5.32 Å². The van der Waals surface area contributed by atoms with Gasteiger partial charge in [-0.05, 0) is 33.4 Å². The molecule has 2 heteroatoms. The summed E-state index contributed by atoms with van der Waals surface area (Å²) < 4.78 is 12.0. The number of hydrogen-bond donors (Lipinski definition) is 1. The van der Waals surface area contributed by atoms with Gasteiger partial charge in [0.2, 0.25) is 0 Å². The fourth-order valence-corrected chi connectivity index (χ4v) is 0.571. The van der Waals surface area contributed by atoms with Crippen LogP contribution in [0.4, 0.5) is 4.39 Å². The molecule has 0 heterocycles. The zero-order valence-corrected chi connectivity index (χ0v) is 9.99. The number of hydrogen-bond acceptors (Lipinski definition) is 1. The summed E-state index contributed by atoms with van der Waals surface area (Å²) in [5, 5.41) is 2.90. The minimum absolute atomic E-state index is 0.330. The molecule has 0 atom stereocenters. The molecule has 0 rings (SSSR count). The van der Waals surface area contributed by atoms with Crippen LogP contribution in [0, 0.1) is 0 Å². The first kappa shape index (κ1) is 18.8. The number of likely N-dealkylation sites (N-methyl/N-ethyl adjacent to an activating group) is 1. The van der Waals surface area contributed by atoms with E-state index in [2.05, 4.69) is 25.1 Å². The molecule has 0 aromatic rings. The van der Waals surface area contributed by atoms with Gasteiger partial charge in [-0.1, -0.05) is 11.6 Å². The second-order valence-corrected chi connectivity index (χ2v) is 2.68. The van der Waals surface area contributed by atoms with Crippen molar-refractivity contribution in [3.8, 4) is 0 Å². The summed E-state index contributed by atoms with van der Waals surface area (Å²) in [6.07, 6.45) is 1.75. The van der Waals surface area contributed by atoms with Crippen LogP contribution < -0.4 is 5.32 Å². The largest absolute Gasteiger partial charge is 0.316 e. The fourth-order valence-electron chi connectivity index (χ4n) is 0.571. The minimum Gasteiger partial charge on any atom is -0.316 e. The first-order valence-corrected chi connectivity index (χ1v) is 4.56. The van der Waals surface area contributed by atoms with Gasteiger partial charge in [0.15, 0.2) is 0 Å². The maximum atomic E-state index is 12.0. The van der Waals surface area contributed by atoms with Crippen LogP contribution in [0.1, 0.15) is 20.8 Å². The molecule has 0 aliphatic heterocycles. The Balaban J connectivity index is -0.000000205. The Morgan fingerprint density at radius 1 is 1.36 bits per heavy atom. The normalized spacial score (nSPS) is 7.21. The quantitative estimate of drug-likeness (QED) is 0.689. The van der Waals surface area contributed by atoms with Crippen molar-refractivity contribution in [2.24, 2.45) is 0 Å². The van der Waals surface area contributed by atoms with Crippen LogP contribution in [0.15, 0.2) is 37.0 Å².